The Bertz CT molecular complexity index is 282. The smallest absolute Gasteiger partial charge is 0.275 e. The highest BCUT2D eigenvalue weighted by Crippen LogP contribution is 1.80. The summed E-state index contributed by atoms with van der Waals surface area (Å²) in [6, 6.07) is 0. The normalized spacial score (nSPS) is 8.58. The molecule has 0 amide bonds. The van der Waals surface area contributed by atoms with Gasteiger partial charge in [-0.2, -0.15) is 0 Å². The van der Waals surface area contributed by atoms with E-state index in [1.165, 1.54) is 0 Å². The monoisotopic (exact) mass is 171 g/mol. The second-order valence-electron chi connectivity index (χ2n) is 1.69. The summed E-state index contributed by atoms with van der Waals surface area (Å²) in [6.45, 7) is 4.07. The Labute approximate surface area is 70.0 Å². The summed E-state index contributed by atoms with van der Waals surface area (Å²) in [7, 11) is 0. The molecule has 0 aromatic carbocycles. The summed E-state index contributed by atoms with van der Waals surface area (Å²) >= 11 is 0. The van der Waals surface area contributed by atoms with Crippen LogP contribution in [0.4, 0.5) is 5.95 Å². The zero-order valence-corrected chi connectivity index (χ0v) is 7.16. The number of nitrogen functional groups attached to an aromatic ring is 1. The number of hydrogen-bond donors (Lipinski definition) is 3. The van der Waals surface area contributed by atoms with Gasteiger partial charge >= 0.3 is 0 Å². The minimum Gasteiger partial charge on any atom is -0.368 e. The summed E-state index contributed by atoms with van der Waals surface area (Å²) in [6.07, 6.45) is 0. The lowest BCUT2D eigenvalue weighted by molar-refractivity contribution is 0.848. The quantitative estimate of drug-likeness (QED) is 0.514. The van der Waals surface area contributed by atoms with Crippen LogP contribution in [0, 0.1) is 0 Å². The molecule has 0 bridgehead atoms. The van der Waals surface area contributed by atoms with Crippen molar-refractivity contribution in [3.05, 3.63) is 16.0 Å². The van der Waals surface area contributed by atoms with Crippen LogP contribution < -0.4 is 17.0 Å². The first kappa shape index (κ1) is 10.6. The summed E-state index contributed by atoms with van der Waals surface area (Å²) in [5, 5.41) is 6.86. The average Bonchev–Trinajstić information content (AvgIpc) is 2.08. The maximum atomic E-state index is 10.8. The van der Waals surface area contributed by atoms with Gasteiger partial charge in [0.25, 0.3) is 5.56 Å². The SMILES string of the molecule is CC.NCc1nnc(N)[nH]c1=O. The van der Waals surface area contributed by atoms with E-state index in [1.54, 1.807) is 0 Å². The molecule has 0 aliphatic carbocycles. The molecule has 0 aliphatic heterocycles. The molecule has 6 nitrogen and oxygen atoms in total. The first-order valence-corrected chi connectivity index (χ1v) is 3.65. The molecule has 68 valence electrons. The van der Waals surface area contributed by atoms with Gasteiger partial charge in [-0.1, -0.05) is 13.8 Å². The molecule has 5 N–H and O–H groups in total. The topological polar surface area (TPSA) is 111 Å². The van der Waals surface area contributed by atoms with E-state index < -0.39 is 0 Å². The maximum Gasteiger partial charge on any atom is 0.275 e. The average molecular weight is 171 g/mol. The Morgan fingerprint density at radius 2 is 2.00 bits per heavy atom. The zero-order chi connectivity index (χ0) is 9.56. The predicted molar refractivity (Wildman–Crippen MR) is 46.3 cm³/mol. The Kier molecular flexibility index (Phi) is 4.62. The van der Waals surface area contributed by atoms with E-state index in [-0.39, 0.29) is 23.7 Å². The van der Waals surface area contributed by atoms with E-state index in [2.05, 4.69) is 15.2 Å². The van der Waals surface area contributed by atoms with E-state index in [4.69, 9.17) is 11.5 Å². The van der Waals surface area contributed by atoms with Crippen LogP contribution in [0.1, 0.15) is 19.5 Å². The summed E-state index contributed by atoms with van der Waals surface area (Å²) in [4.78, 5) is 13.0. The van der Waals surface area contributed by atoms with Gasteiger partial charge in [0, 0.05) is 6.54 Å². The molecule has 0 atom stereocenters. The molecule has 0 saturated carbocycles. The van der Waals surface area contributed by atoms with Crippen LogP contribution in [0.2, 0.25) is 0 Å². The van der Waals surface area contributed by atoms with Gasteiger partial charge in [-0.25, -0.2) is 0 Å². The molecule has 1 heterocycles. The fourth-order valence-electron chi connectivity index (χ4n) is 0.507. The highest BCUT2D eigenvalue weighted by molar-refractivity contribution is 5.11. The Morgan fingerprint density at radius 1 is 1.42 bits per heavy atom. The summed E-state index contributed by atoms with van der Waals surface area (Å²) < 4.78 is 0. The first-order valence-electron chi connectivity index (χ1n) is 3.65. The molecule has 0 saturated heterocycles. The molecule has 0 aliphatic rings. The number of aromatic nitrogens is 3. The molecule has 12 heavy (non-hydrogen) atoms. The molecular weight excluding hydrogens is 158 g/mol. The van der Waals surface area contributed by atoms with Gasteiger partial charge in [0.15, 0.2) is 0 Å². The third-order valence-corrected chi connectivity index (χ3v) is 0.975. The van der Waals surface area contributed by atoms with Crippen molar-refractivity contribution in [3.63, 3.8) is 0 Å². The third kappa shape index (κ3) is 2.67. The van der Waals surface area contributed by atoms with E-state index in [9.17, 15) is 4.79 Å². The summed E-state index contributed by atoms with van der Waals surface area (Å²) in [5.41, 5.74) is 10.1. The molecule has 6 heteroatoms. The van der Waals surface area contributed by atoms with Crippen molar-refractivity contribution in [3.8, 4) is 0 Å². The van der Waals surface area contributed by atoms with E-state index in [0.29, 0.717) is 0 Å². The van der Waals surface area contributed by atoms with E-state index in [1.807, 2.05) is 13.8 Å². The van der Waals surface area contributed by atoms with Gasteiger partial charge in [0.1, 0.15) is 5.69 Å². The van der Waals surface area contributed by atoms with Crippen molar-refractivity contribution in [1.82, 2.24) is 15.2 Å². The van der Waals surface area contributed by atoms with Crippen molar-refractivity contribution in [2.45, 2.75) is 20.4 Å². The van der Waals surface area contributed by atoms with Crippen molar-refractivity contribution < 1.29 is 0 Å². The molecule has 1 aromatic rings. The molecule has 0 radical (unpaired) electrons. The minimum absolute atomic E-state index is 0.00204. The van der Waals surface area contributed by atoms with Gasteiger partial charge in [-0.15, -0.1) is 10.2 Å². The lowest BCUT2D eigenvalue weighted by Crippen LogP contribution is -2.20. The zero-order valence-electron chi connectivity index (χ0n) is 7.16. The molecule has 0 spiro atoms. The predicted octanol–water partition coefficient (Wildman–Crippen LogP) is -0.768. The fraction of sp³-hybridized carbons (Fsp3) is 0.500. The maximum absolute atomic E-state index is 10.8. The van der Waals surface area contributed by atoms with E-state index in [0.717, 1.165) is 0 Å². The van der Waals surface area contributed by atoms with Crippen LogP contribution >= 0.6 is 0 Å². The molecule has 1 rings (SSSR count). The minimum atomic E-state index is -0.380. The van der Waals surface area contributed by atoms with Crippen LogP contribution in [-0.4, -0.2) is 15.2 Å². The second kappa shape index (κ2) is 5.25. The third-order valence-electron chi connectivity index (χ3n) is 0.975. The number of nitrogens with one attached hydrogen (secondary N) is 1. The van der Waals surface area contributed by atoms with Crippen LogP contribution in [0.25, 0.3) is 0 Å². The van der Waals surface area contributed by atoms with Crippen molar-refractivity contribution in [2.75, 3.05) is 5.73 Å². The van der Waals surface area contributed by atoms with Gasteiger partial charge in [-0.3, -0.25) is 9.78 Å². The summed E-state index contributed by atoms with van der Waals surface area (Å²) in [5.74, 6) is 0.00204. The van der Waals surface area contributed by atoms with Crippen molar-refractivity contribution >= 4 is 5.95 Å². The van der Waals surface area contributed by atoms with Gasteiger partial charge < -0.3 is 11.5 Å². The van der Waals surface area contributed by atoms with Crippen molar-refractivity contribution in [2.24, 2.45) is 5.73 Å². The van der Waals surface area contributed by atoms with Crippen LogP contribution in [0.15, 0.2) is 4.79 Å². The largest absolute Gasteiger partial charge is 0.368 e. The number of hydrogen-bond acceptors (Lipinski definition) is 5. The number of nitrogens with zero attached hydrogens (tertiary/aromatic N) is 2. The highest BCUT2D eigenvalue weighted by atomic mass is 16.1. The van der Waals surface area contributed by atoms with E-state index >= 15 is 0 Å². The van der Waals surface area contributed by atoms with Crippen LogP contribution in [0.3, 0.4) is 0 Å². The number of aromatic amines is 1. The van der Waals surface area contributed by atoms with Crippen LogP contribution in [-0.2, 0) is 6.54 Å². The van der Waals surface area contributed by atoms with Crippen molar-refractivity contribution in [1.29, 1.82) is 0 Å². The standard InChI is InChI=1S/C4H7N5O.C2H6/c5-1-2-3(10)7-4(6)9-8-2;1-2/h1,5H2,(H3,6,7,9,10);1-2H3. The lowest BCUT2D eigenvalue weighted by atomic mass is 10.5. The van der Waals surface area contributed by atoms with Crippen LogP contribution in [0.5, 0.6) is 0 Å². The number of nitrogens with two attached hydrogens (primary N) is 2. The first-order chi connectivity index (χ1) is 5.74. The molecule has 0 fully saturated rings. The number of rotatable bonds is 1. The Balaban J connectivity index is 0.000000561. The second-order valence-corrected chi connectivity index (χ2v) is 1.69. The number of H-pyrrole nitrogens is 1. The Morgan fingerprint density at radius 3 is 2.42 bits per heavy atom. The Hall–Kier alpha value is -1.43. The highest BCUT2D eigenvalue weighted by Gasteiger charge is 1.97. The molecule has 0 unspecified atom stereocenters. The molecular formula is C6H13N5O. The van der Waals surface area contributed by atoms with Gasteiger partial charge in [0.05, 0.1) is 0 Å². The number of anilines is 1. The van der Waals surface area contributed by atoms with Gasteiger partial charge in [0.2, 0.25) is 5.95 Å². The lowest BCUT2D eigenvalue weighted by Gasteiger charge is -1.92. The molecule has 1 aromatic heterocycles. The fourth-order valence-corrected chi connectivity index (χ4v) is 0.507. The van der Waals surface area contributed by atoms with Gasteiger partial charge in [-0.05, 0) is 0 Å².